The van der Waals surface area contributed by atoms with E-state index < -0.39 is 0 Å². The summed E-state index contributed by atoms with van der Waals surface area (Å²) in [7, 11) is 1.98. The molecule has 3 heterocycles. The Balaban J connectivity index is 0.000000236. The fourth-order valence-corrected chi connectivity index (χ4v) is 3.65. The molecule has 0 amide bonds. The third-order valence-corrected chi connectivity index (χ3v) is 5.27. The van der Waals surface area contributed by atoms with E-state index in [0.717, 1.165) is 5.92 Å². The number of nitrogens with one attached hydrogen (secondary N) is 4. The zero-order valence-corrected chi connectivity index (χ0v) is 15.5. The van der Waals surface area contributed by atoms with Crippen LogP contribution < -0.4 is 10.6 Å². The van der Waals surface area contributed by atoms with E-state index in [4.69, 9.17) is 9.83 Å². The number of anilines is 1. The van der Waals surface area contributed by atoms with Gasteiger partial charge in [0.05, 0.1) is 12.5 Å². The minimum Gasteiger partial charge on any atom is -0.463 e. The Morgan fingerprint density at radius 3 is 2.69 bits per heavy atom. The van der Waals surface area contributed by atoms with Gasteiger partial charge in [0.15, 0.2) is 0 Å². The molecule has 0 radical (unpaired) electrons. The smallest absolute Gasteiger partial charge is 0.144 e. The summed E-state index contributed by atoms with van der Waals surface area (Å²) >= 11 is 0. The van der Waals surface area contributed by atoms with Crippen molar-refractivity contribution < 1.29 is 4.42 Å². The number of H-pyrrole nitrogens is 1. The highest BCUT2D eigenvalue weighted by Gasteiger charge is 2.23. The summed E-state index contributed by atoms with van der Waals surface area (Å²) in [5.41, 5.74) is 3.90. The van der Waals surface area contributed by atoms with Gasteiger partial charge < -0.3 is 25.4 Å². The molecule has 5 heteroatoms. The van der Waals surface area contributed by atoms with Crippen molar-refractivity contribution in [2.45, 2.75) is 25.7 Å². The molecule has 26 heavy (non-hydrogen) atoms. The molecule has 4 N–H and O–H groups in total. The van der Waals surface area contributed by atoms with Gasteiger partial charge in [-0.3, -0.25) is 0 Å². The van der Waals surface area contributed by atoms with Crippen LogP contribution in [-0.2, 0) is 0 Å². The van der Waals surface area contributed by atoms with Crippen LogP contribution in [0.1, 0.15) is 37.0 Å². The molecule has 1 saturated heterocycles. The summed E-state index contributed by atoms with van der Waals surface area (Å²) in [5.74, 6) is 2.03. The summed E-state index contributed by atoms with van der Waals surface area (Å²) in [6, 6.07) is 10.0. The first kappa shape index (κ1) is 18.3. The Labute approximate surface area is 154 Å². The number of piperidine rings is 1. The second-order valence-electron chi connectivity index (χ2n) is 6.79. The van der Waals surface area contributed by atoms with E-state index in [1.165, 1.54) is 54.3 Å². The molecule has 1 unspecified atom stereocenters. The summed E-state index contributed by atoms with van der Waals surface area (Å²) in [5, 5.41) is 14.7. The van der Waals surface area contributed by atoms with Gasteiger partial charge in [-0.15, -0.1) is 0 Å². The van der Waals surface area contributed by atoms with Gasteiger partial charge in [0.25, 0.3) is 0 Å². The summed E-state index contributed by atoms with van der Waals surface area (Å²) in [6.07, 6.45) is 7.50. The third kappa shape index (κ3) is 4.17. The zero-order valence-electron chi connectivity index (χ0n) is 15.5. The number of aromatic amines is 1. The predicted molar refractivity (Wildman–Crippen MR) is 108 cm³/mol. The van der Waals surface area contributed by atoms with Gasteiger partial charge in [-0.25, -0.2) is 0 Å². The molecule has 0 aliphatic carbocycles. The number of benzene rings is 1. The number of hydrogen-bond donors (Lipinski definition) is 4. The number of fused-ring (bicyclic) bond motifs is 1. The molecule has 0 bridgehead atoms. The van der Waals surface area contributed by atoms with Gasteiger partial charge in [-0.1, -0.05) is 6.92 Å². The maximum atomic E-state index is 6.64. The minimum atomic E-state index is 0.597. The maximum Gasteiger partial charge on any atom is 0.144 e. The van der Waals surface area contributed by atoms with E-state index in [9.17, 15) is 0 Å². The zero-order chi connectivity index (χ0) is 18.4. The quantitative estimate of drug-likeness (QED) is 0.519. The van der Waals surface area contributed by atoms with E-state index >= 15 is 0 Å². The van der Waals surface area contributed by atoms with Gasteiger partial charge in [-0.05, 0) is 73.7 Å². The number of hydrogen-bond acceptors (Lipinski definition) is 4. The average molecular weight is 352 g/mol. The van der Waals surface area contributed by atoms with Crippen LogP contribution in [0, 0.1) is 11.3 Å². The number of rotatable bonds is 4. The fraction of sp³-hybridized carbons (Fsp3) is 0.381. The highest BCUT2D eigenvalue weighted by atomic mass is 16.3. The molecule has 1 aromatic carbocycles. The van der Waals surface area contributed by atoms with Crippen LogP contribution >= 0.6 is 0 Å². The Bertz CT molecular complexity index is 816. The van der Waals surface area contributed by atoms with Crippen molar-refractivity contribution in [3.63, 3.8) is 0 Å². The lowest BCUT2D eigenvalue weighted by atomic mass is 9.81. The van der Waals surface area contributed by atoms with Gasteiger partial charge in [0.2, 0.25) is 0 Å². The molecule has 1 atom stereocenters. The van der Waals surface area contributed by atoms with Gasteiger partial charge in [-0.2, -0.15) is 0 Å². The molecule has 0 saturated carbocycles. The van der Waals surface area contributed by atoms with E-state index in [-0.39, 0.29) is 0 Å². The second-order valence-corrected chi connectivity index (χ2v) is 6.79. The third-order valence-electron chi connectivity index (χ3n) is 5.27. The monoisotopic (exact) mass is 352 g/mol. The molecule has 3 aromatic rings. The van der Waals surface area contributed by atoms with E-state index in [1.807, 2.05) is 7.05 Å². The van der Waals surface area contributed by atoms with Crippen LogP contribution in [0.15, 0.2) is 47.2 Å². The van der Waals surface area contributed by atoms with Crippen molar-refractivity contribution in [2.75, 3.05) is 25.5 Å². The second kappa shape index (κ2) is 8.72. The lowest BCUT2D eigenvalue weighted by Gasteiger charge is -2.28. The number of aromatic nitrogens is 1. The SMILES string of the molecule is CNc1ccc2[nH]cc(C(C)C3CCNCC3)c2c1.N=Cc1ccco1. The molecular formula is C21H28N4O. The molecule has 4 rings (SSSR count). The molecule has 1 fully saturated rings. The van der Waals surface area contributed by atoms with Crippen LogP contribution in [0.5, 0.6) is 0 Å². The van der Waals surface area contributed by atoms with E-state index in [1.54, 1.807) is 18.4 Å². The van der Waals surface area contributed by atoms with Crippen molar-refractivity contribution in [2.24, 2.45) is 5.92 Å². The van der Waals surface area contributed by atoms with Gasteiger partial charge >= 0.3 is 0 Å². The van der Waals surface area contributed by atoms with E-state index in [2.05, 4.69) is 46.9 Å². The van der Waals surface area contributed by atoms with Crippen LogP contribution in [0.25, 0.3) is 10.9 Å². The molecule has 0 spiro atoms. The lowest BCUT2D eigenvalue weighted by molar-refractivity contribution is 0.331. The highest BCUT2D eigenvalue weighted by molar-refractivity contribution is 5.87. The van der Waals surface area contributed by atoms with Crippen LogP contribution in [0.2, 0.25) is 0 Å². The van der Waals surface area contributed by atoms with Crippen molar-refractivity contribution in [1.82, 2.24) is 10.3 Å². The van der Waals surface area contributed by atoms with Gasteiger partial charge in [0.1, 0.15) is 5.76 Å². The Morgan fingerprint density at radius 2 is 2.08 bits per heavy atom. The van der Waals surface area contributed by atoms with Crippen molar-refractivity contribution >= 4 is 22.8 Å². The fourth-order valence-electron chi connectivity index (χ4n) is 3.65. The topological polar surface area (TPSA) is 76.8 Å². The largest absolute Gasteiger partial charge is 0.463 e. The van der Waals surface area contributed by atoms with Crippen LogP contribution in [0.4, 0.5) is 5.69 Å². The first-order chi connectivity index (χ1) is 12.7. The standard InChI is InChI=1S/C16H23N3.C5H5NO/c1-11(12-5-7-18-8-6-12)15-10-19-16-4-3-13(17-2)9-14(15)16;6-4-5-2-1-3-7-5/h3-4,9-12,17-19H,5-8H2,1-2H3;1-4,6H. The summed E-state index contributed by atoms with van der Waals surface area (Å²) in [4.78, 5) is 3.42. The Hall–Kier alpha value is -2.53. The first-order valence-corrected chi connectivity index (χ1v) is 9.26. The first-order valence-electron chi connectivity index (χ1n) is 9.26. The summed E-state index contributed by atoms with van der Waals surface area (Å²) < 4.78 is 4.74. The molecule has 5 nitrogen and oxygen atoms in total. The number of furan rings is 1. The minimum absolute atomic E-state index is 0.597. The maximum absolute atomic E-state index is 6.64. The normalized spacial score (nSPS) is 15.9. The Kier molecular flexibility index (Phi) is 6.12. The molecule has 2 aromatic heterocycles. The molecular weight excluding hydrogens is 324 g/mol. The van der Waals surface area contributed by atoms with Crippen molar-refractivity contribution in [3.8, 4) is 0 Å². The van der Waals surface area contributed by atoms with Crippen LogP contribution in [0.3, 0.4) is 0 Å². The molecule has 138 valence electrons. The Morgan fingerprint density at radius 1 is 1.27 bits per heavy atom. The van der Waals surface area contributed by atoms with Gasteiger partial charge in [0, 0.05) is 29.8 Å². The highest BCUT2D eigenvalue weighted by Crippen LogP contribution is 2.35. The van der Waals surface area contributed by atoms with E-state index in [0.29, 0.717) is 11.7 Å². The van der Waals surface area contributed by atoms with Crippen molar-refractivity contribution in [3.05, 3.63) is 54.1 Å². The predicted octanol–water partition coefficient (Wildman–Crippen LogP) is 4.59. The van der Waals surface area contributed by atoms with Crippen LogP contribution in [-0.4, -0.2) is 31.3 Å². The molecule has 1 aliphatic rings. The average Bonchev–Trinajstić information content (AvgIpc) is 3.37. The van der Waals surface area contributed by atoms with Crippen molar-refractivity contribution in [1.29, 1.82) is 5.41 Å². The summed E-state index contributed by atoms with van der Waals surface area (Å²) in [6.45, 7) is 4.71. The molecule has 1 aliphatic heterocycles. The lowest BCUT2D eigenvalue weighted by Crippen LogP contribution is -2.30.